The molecule has 1 saturated heterocycles. The summed E-state index contributed by atoms with van der Waals surface area (Å²) in [5.41, 5.74) is 1.14. The highest BCUT2D eigenvalue weighted by Gasteiger charge is 2.29. The van der Waals surface area contributed by atoms with Crippen LogP contribution in [-0.4, -0.2) is 33.4 Å². The highest BCUT2D eigenvalue weighted by Crippen LogP contribution is 2.32. The number of hydrogen-bond donors (Lipinski definition) is 1. The second-order valence-corrected chi connectivity index (χ2v) is 5.05. The summed E-state index contributed by atoms with van der Waals surface area (Å²) >= 11 is 6.17. The van der Waals surface area contributed by atoms with Crippen LogP contribution in [0.3, 0.4) is 0 Å². The van der Waals surface area contributed by atoms with E-state index in [0.717, 1.165) is 19.7 Å². The Morgan fingerprint density at radius 2 is 2.29 bits per heavy atom. The van der Waals surface area contributed by atoms with Crippen molar-refractivity contribution in [1.29, 1.82) is 0 Å². The Morgan fingerprint density at radius 1 is 1.47 bits per heavy atom. The molecule has 2 rings (SSSR count). The first-order valence-electron chi connectivity index (χ1n) is 5.78. The van der Waals surface area contributed by atoms with Gasteiger partial charge in [-0.2, -0.15) is 0 Å². The Balaban J connectivity index is 2.28. The van der Waals surface area contributed by atoms with Gasteiger partial charge in [0.1, 0.15) is 5.75 Å². The van der Waals surface area contributed by atoms with E-state index < -0.39 is 0 Å². The molecular formula is C13H18ClNO2. The van der Waals surface area contributed by atoms with Gasteiger partial charge in [0.25, 0.3) is 0 Å². The van der Waals surface area contributed by atoms with E-state index in [9.17, 15) is 0 Å². The van der Waals surface area contributed by atoms with Gasteiger partial charge >= 0.3 is 0 Å². The van der Waals surface area contributed by atoms with Crippen molar-refractivity contribution in [3.8, 4) is 5.75 Å². The lowest BCUT2D eigenvalue weighted by atomic mass is 9.83. The molecule has 1 atom stereocenters. The normalized spacial score (nSPS) is 25.4. The first-order valence-corrected chi connectivity index (χ1v) is 6.16. The van der Waals surface area contributed by atoms with Crippen molar-refractivity contribution in [2.75, 3.05) is 33.4 Å². The average Bonchev–Trinajstić information content (AvgIpc) is 2.55. The predicted octanol–water partition coefficient (Wildman–Crippen LogP) is 2.23. The van der Waals surface area contributed by atoms with Gasteiger partial charge in [-0.1, -0.05) is 24.6 Å². The first-order chi connectivity index (χ1) is 8.15. The van der Waals surface area contributed by atoms with Crippen LogP contribution < -0.4 is 10.1 Å². The number of halogens is 1. The van der Waals surface area contributed by atoms with Gasteiger partial charge in [-0.25, -0.2) is 0 Å². The van der Waals surface area contributed by atoms with Crippen LogP contribution >= 0.6 is 11.6 Å². The fourth-order valence-electron chi connectivity index (χ4n) is 2.08. The number of nitrogens with one attached hydrogen (secondary N) is 1. The Hall–Kier alpha value is -0.770. The molecule has 0 spiro atoms. The highest BCUT2D eigenvalue weighted by atomic mass is 35.5. The summed E-state index contributed by atoms with van der Waals surface area (Å²) in [4.78, 5) is 0. The van der Waals surface area contributed by atoms with E-state index in [0.29, 0.717) is 17.4 Å². The van der Waals surface area contributed by atoms with E-state index in [-0.39, 0.29) is 5.41 Å². The summed E-state index contributed by atoms with van der Waals surface area (Å²) in [6.07, 6.45) is 0. The van der Waals surface area contributed by atoms with E-state index in [1.54, 1.807) is 7.11 Å². The molecule has 0 aromatic heterocycles. The lowest BCUT2D eigenvalue weighted by Crippen LogP contribution is -2.36. The summed E-state index contributed by atoms with van der Waals surface area (Å²) in [6.45, 7) is 5.46. The van der Waals surface area contributed by atoms with Gasteiger partial charge in [-0.3, -0.25) is 0 Å². The Labute approximate surface area is 107 Å². The molecule has 1 aliphatic rings. The maximum atomic E-state index is 6.17. The van der Waals surface area contributed by atoms with Crippen molar-refractivity contribution in [1.82, 2.24) is 5.32 Å². The van der Waals surface area contributed by atoms with Gasteiger partial charge in [-0.05, 0) is 17.7 Å². The van der Waals surface area contributed by atoms with Gasteiger partial charge in [0.2, 0.25) is 0 Å². The van der Waals surface area contributed by atoms with Crippen LogP contribution in [-0.2, 0) is 10.2 Å². The molecule has 0 radical (unpaired) electrons. The van der Waals surface area contributed by atoms with Crippen molar-refractivity contribution in [3.05, 3.63) is 28.8 Å². The molecule has 1 unspecified atom stereocenters. The third-order valence-electron chi connectivity index (χ3n) is 3.21. The number of methoxy groups -OCH3 is 1. The first kappa shape index (κ1) is 12.7. The molecule has 4 heteroatoms. The molecule has 94 valence electrons. The van der Waals surface area contributed by atoms with Crippen molar-refractivity contribution in [2.24, 2.45) is 0 Å². The zero-order valence-corrected chi connectivity index (χ0v) is 11.0. The van der Waals surface area contributed by atoms with Crippen LogP contribution in [0.2, 0.25) is 5.02 Å². The van der Waals surface area contributed by atoms with Gasteiger partial charge in [-0.15, -0.1) is 0 Å². The van der Waals surface area contributed by atoms with E-state index >= 15 is 0 Å². The molecule has 3 nitrogen and oxygen atoms in total. The largest absolute Gasteiger partial charge is 0.495 e. The third kappa shape index (κ3) is 2.73. The highest BCUT2D eigenvalue weighted by molar-refractivity contribution is 6.32. The molecular weight excluding hydrogens is 238 g/mol. The summed E-state index contributed by atoms with van der Waals surface area (Å²) < 4.78 is 10.8. The molecule has 1 heterocycles. The summed E-state index contributed by atoms with van der Waals surface area (Å²) in [5, 5.41) is 4.03. The van der Waals surface area contributed by atoms with Crippen molar-refractivity contribution >= 4 is 11.6 Å². The molecule has 17 heavy (non-hydrogen) atoms. The fourth-order valence-corrected chi connectivity index (χ4v) is 2.34. The quantitative estimate of drug-likeness (QED) is 0.879. The van der Waals surface area contributed by atoms with Crippen LogP contribution in [0.25, 0.3) is 0 Å². The molecule has 1 aliphatic heterocycles. The zero-order valence-electron chi connectivity index (χ0n) is 10.3. The van der Waals surface area contributed by atoms with Crippen LogP contribution in [0.1, 0.15) is 12.5 Å². The molecule has 1 aromatic rings. The predicted molar refractivity (Wildman–Crippen MR) is 69.0 cm³/mol. The van der Waals surface area contributed by atoms with Crippen molar-refractivity contribution in [3.63, 3.8) is 0 Å². The van der Waals surface area contributed by atoms with Crippen molar-refractivity contribution in [2.45, 2.75) is 12.3 Å². The zero-order chi connectivity index (χ0) is 12.3. The number of hydrogen-bond acceptors (Lipinski definition) is 3. The summed E-state index contributed by atoms with van der Waals surface area (Å²) in [7, 11) is 1.62. The molecule has 0 aliphatic carbocycles. The molecule has 0 saturated carbocycles. The van der Waals surface area contributed by atoms with E-state index in [2.05, 4.69) is 18.3 Å². The third-order valence-corrected chi connectivity index (χ3v) is 3.50. The standard InChI is InChI=1S/C13H18ClNO2/c1-13(8-15-5-6-17-9-13)10-3-4-12(16-2)11(14)7-10/h3-4,7,15H,5-6,8-9H2,1-2H3. The van der Waals surface area contributed by atoms with E-state index in [1.807, 2.05) is 12.1 Å². The average molecular weight is 256 g/mol. The number of rotatable bonds is 2. The molecule has 0 bridgehead atoms. The minimum Gasteiger partial charge on any atom is -0.495 e. The van der Waals surface area contributed by atoms with Crippen LogP contribution in [0.15, 0.2) is 18.2 Å². The SMILES string of the molecule is COc1ccc(C2(C)CNCCOC2)cc1Cl. The lowest BCUT2D eigenvalue weighted by Gasteiger charge is -2.28. The Bertz CT molecular complexity index is 387. The maximum absolute atomic E-state index is 6.17. The van der Waals surface area contributed by atoms with Gasteiger partial charge in [0.15, 0.2) is 0 Å². The maximum Gasteiger partial charge on any atom is 0.137 e. The van der Waals surface area contributed by atoms with Crippen molar-refractivity contribution < 1.29 is 9.47 Å². The van der Waals surface area contributed by atoms with Crippen LogP contribution in [0.5, 0.6) is 5.75 Å². The molecule has 1 aromatic carbocycles. The van der Waals surface area contributed by atoms with Gasteiger partial charge in [0, 0.05) is 18.5 Å². The lowest BCUT2D eigenvalue weighted by molar-refractivity contribution is 0.113. The second kappa shape index (κ2) is 5.25. The topological polar surface area (TPSA) is 30.5 Å². The van der Waals surface area contributed by atoms with Crippen LogP contribution in [0, 0.1) is 0 Å². The Morgan fingerprint density at radius 3 is 3.00 bits per heavy atom. The van der Waals surface area contributed by atoms with Crippen LogP contribution in [0.4, 0.5) is 0 Å². The summed E-state index contributed by atoms with van der Waals surface area (Å²) in [6, 6.07) is 5.94. The van der Waals surface area contributed by atoms with Gasteiger partial charge < -0.3 is 14.8 Å². The monoisotopic (exact) mass is 255 g/mol. The van der Waals surface area contributed by atoms with E-state index in [4.69, 9.17) is 21.1 Å². The Kier molecular flexibility index (Phi) is 3.92. The fraction of sp³-hybridized carbons (Fsp3) is 0.538. The minimum absolute atomic E-state index is 0.0353. The molecule has 1 N–H and O–H groups in total. The second-order valence-electron chi connectivity index (χ2n) is 4.64. The van der Waals surface area contributed by atoms with E-state index in [1.165, 1.54) is 5.56 Å². The molecule has 1 fully saturated rings. The minimum atomic E-state index is -0.0353. The molecule has 0 amide bonds. The van der Waals surface area contributed by atoms with Gasteiger partial charge in [0.05, 0.1) is 25.3 Å². The summed E-state index contributed by atoms with van der Waals surface area (Å²) in [5.74, 6) is 0.710. The number of benzene rings is 1. The number of ether oxygens (including phenoxy) is 2. The smallest absolute Gasteiger partial charge is 0.137 e.